The number of halogens is 1. The van der Waals surface area contributed by atoms with Gasteiger partial charge in [-0.1, -0.05) is 55.0 Å². The zero-order chi connectivity index (χ0) is 27.4. The average molecular weight is 528 g/mol. The van der Waals surface area contributed by atoms with Gasteiger partial charge in [-0.15, -0.1) is 0 Å². The van der Waals surface area contributed by atoms with Crippen molar-refractivity contribution >= 4 is 11.8 Å². The Kier molecular flexibility index (Phi) is 7.72. The molecule has 200 valence electrons. The van der Waals surface area contributed by atoms with Crippen molar-refractivity contribution in [3.63, 3.8) is 0 Å². The van der Waals surface area contributed by atoms with E-state index in [1.807, 2.05) is 61.2 Å². The average Bonchev–Trinajstić information content (AvgIpc) is 3.43. The number of carbonyl (C=O) groups excluding carboxylic acids is 2. The molecule has 8 heteroatoms. The van der Waals surface area contributed by atoms with Gasteiger partial charge in [0.2, 0.25) is 11.8 Å². The van der Waals surface area contributed by atoms with Gasteiger partial charge >= 0.3 is 0 Å². The van der Waals surface area contributed by atoms with Gasteiger partial charge in [0, 0.05) is 19.5 Å². The zero-order valence-corrected chi connectivity index (χ0v) is 21.9. The summed E-state index contributed by atoms with van der Waals surface area (Å²) < 4.78 is 25.1. The number of ether oxygens (including phenoxy) is 1. The van der Waals surface area contributed by atoms with Crippen LogP contribution in [0.2, 0.25) is 0 Å². The molecule has 1 atom stereocenters. The van der Waals surface area contributed by atoms with Crippen LogP contribution in [-0.4, -0.2) is 28.2 Å². The summed E-state index contributed by atoms with van der Waals surface area (Å²) in [6.45, 7) is 4.85. The van der Waals surface area contributed by atoms with Crippen LogP contribution in [0.1, 0.15) is 63.6 Å². The molecule has 1 aromatic heterocycles. The number of amides is 2. The summed E-state index contributed by atoms with van der Waals surface area (Å²) in [6.07, 6.45) is 2.42. The summed E-state index contributed by atoms with van der Waals surface area (Å²) in [7, 11) is 0. The van der Waals surface area contributed by atoms with Gasteiger partial charge in [-0.05, 0) is 59.9 Å². The first kappa shape index (κ1) is 26.2. The van der Waals surface area contributed by atoms with Crippen LogP contribution in [0.25, 0.3) is 0 Å². The highest BCUT2D eigenvalue weighted by Crippen LogP contribution is 2.37. The number of hydrogen-bond acceptors (Lipinski definition) is 5. The molecule has 0 bridgehead atoms. The Morgan fingerprint density at radius 3 is 2.72 bits per heavy atom. The fraction of sp³-hybridized carbons (Fsp3) is 0.258. The van der Waals surface area contributed by atoms with Crippen molar-refractivity contribution in [2.45, 2.75) is 45.9 Å². The Labute approximate surface area is 226 Å². The molecule has 7 nitrogen and oxygen atoms in total. The number of benzene rings is 3. The second-order valence-corrected chi connectivity index (χ2v) is 9.59. The summed E-state index contributed by atoms with van der Waals surface area (Å²) >= 11 is 0. The summed E-state index contributed by atoms with van der Waals surface area (Å²) in [6, 6.07) is 19.6. The third-order valence-electron chi connectivity index (χ3n) is 6.84. The van der Waals surface area contributed by atoms with Crippen molar-refractivity contribution in [2.24, 2.45) is 0 Å². The maximum atomic E-state index is 13.6. The normalized spacial score (nSPS) is 14.5. The van der Waals surface area contributed by atoms with Crippen LogP contribution in [0.15, 0.2) is 77.4 Å². The second-order valence-electron chi connectivity index (χ2n) is 9.59. The van der Waals surface area contributed by atoms with Gasteiger partial charge in [-0.2, -0.15) is 0 Å². The molecule has 0 spiro atoms. The third-order valence-corrected chi connectivity index (χ3v) is 6.84. The molecule has 3 aromatic carbocycles. The minimum Gasteiger partial charge on any atom is -0.484 e. The predicted molar refractivity (Wildman–Crippen MR) is 144 cm³/mol. The number of oxazole rings is 1. The zero-order valence-electron chi connectivity index (χ0n) is 21.9. The van der Waals surface area contributed by atoms with Gasteiger partial charge in [-0.3, -0.25) is 9.59 Å². The Bertz CT molecular complexity index is 1480. The Morgan fingerprint density at radius 2 is 1.95 bits per heavy atom. The molecule has 0 fully saturated rings. The summed E-state index contributed by atoms with van der Waals surface area (Å²) in [5.74, 6) is 0.230. The molecule has 0 radical (unpaired) electrons. The lowest BCUT2D eigenvalue weighted by Gasteiger charge is -2.38. The van der Waals surface area contributed by atoms with Crippen LogP contribution >= 0.6 is 0 Å². The molecule has 1 aliphatic heterocycles. The van der Waals surface area contributed by atoms with Gasteiger partial charge in [0.1, 0.15) is 17.8 Å². The molecule has 0 aliphatic carbocycles. The summed E-state index contributed by atoms with van der Waals surface area (Å²) in [5, 5.41) is 2.85. The lowest BCUT2D eigenvalue weighted by atomic mass is 9.87. The number of rotatable bonds is 8. The highest BCUT2D eigenvalue weighted by atomic mass is 19.1. The van der Waals surface area contributed by atoms with Gasteiger partial charge in [0.15, 0.2) is 12.3 Å². The molecule has 0 saturated carbocycles. The largest absolute Gasteiger partial charge is 0.484 e. The van der Waals surface area contributed by atoms with E-state index in [0.29, 0.717) is 25.3 Å². The second kappa shape index (κ2) is 11.5. The quantitative estimate of drug-likeness (QED) is 0.326. The minimum atomic E-state index is -0.337. The van der Waals surface area contributed by atoms with Crippen molar-refractivity contribution < 1.29 is 23.1 Å². The Hall–Kier alpha value is -4.46. The third kappa shape index (κ3) is 6.00. The van der Waals surface area contributed by atoms with Crippen LogP contribution in [0.4, 0.5) is 4.39 Å². The molecule has 39 heavy (non-hydrogen) atoms. The standard InChI is InChI=1S/C31H30FN3O4/c1-3-29(36)35-14-13-22-9-12-25(16-26(22)30(35)23-7-10-24(32)11-8-23)38-19-28-34-27(18-39-28)31(37)33-17-21-6-4-5-20(2)15-21/h4-12,15-16,18,30H,3,13-14,17,19H2,1-2H3,(H,33,37)/t30-/m1/s1. The fourth-order valence-corrected chi connectivity index (χ4v) is 4.88. The monoisotopic (exact) mass is 527 g/mol. The SMILES string of the molecule is CCC(=O)N1CCc2ccc(OCc3nc(C(=O)NCc4cccc(C)c4)co3)cc2[C@H]1c1ccc(F)cc1. The lowest BCUT2D eigenvalue weighted by Crippen LogP contribution is -2.40. The van der Waals surface area contributed by atoms with Crippen molar-refractivity contribution in [2.75, 3.05) is 6.54 Å². The molecule has 1 N–H and O–H groups in total. The van der Waals surface area contributed by atoms with Gasteiger partial charge in [0.25, 0.3) is 5.91 Å². The van der Waals surface area contributed by atoms with Crippen LogP contribution in [0.3, 0.4) is 0 Å². The van der Waals surface area contributed by atoms with Crippen LogP contribution < -0.4 is 10.1 Å². The van der Waals surface area contributed by atoms with Crippen LogP contribution in [0, 0.1) is 12.7 Å². The first-order chi connectivity index (χ1) is 18.9. The van der Waals surface area contributed by atoms with Gasteiger partial charge in [-0.25, -0.2) is 9.37 Å². The van der Waals surface area contributed by atoms with E-state index in [4.69, 9.17) is 9.15 Å². The highest BCUT2D eigenvalue weighted by Gasteiger charge is 2.31. The van der Waals surface area contributed by atoms with Crippen LogP contribution in [0.5, 0.6) is 5.75 Å². The maximum Gasteiger partial charge on any atom is 0.273 e. The molecule has 0 unspecified atom stereocenters. The van der Waals surface area contributed by atoms with E-state index < -0.39 is 0 Å². The van der Waals surface area contributed by atoms with E-state index in [-0.39, 0.29) is 41.9 Å². The molecule has 2 amide bonds. The summed E-state index contributed by atoms with van der Waals surface area (Å²) in [4.78, 5) is 31.4. The number of aryl methyl sites for hydroxylation is 1. The molecular weight excluding hydrogens is 497 g/mol. The van der Waals surface area contributed by atoms with E-state index in [0.717, 1.165) is 34.2 Å². The van der Waals surface area contributed by atoms with Crippen molar-refractivity contribution in [1.82, 2.24) is 15.2 Å². The van der Waals surface area contributed by atoms with E-state index in [1.165, 1.54) is 18.4 Å². The number of nitrogens with one attached hydrogen (secondary N) is 1. The number of nitrogens with zero attached hydrogens (tertiary/aromatic N) is 2. The topological polar surface area (TPSA) is 84.7 Å². The number of hydrogen-bond donors (Lipinski definition) is 1. The molecule has 1 aliphatic rings. The van der Waals surface area contributed by atoms with Gasteiger partial charge < -0.3 is 19.4 Å². The smallest absolute Gasteiger partial charge is 0.273 e. The van der Waals surface area contributed by atoms with E-state index in [1.54, 1.807) is 12.1 Å². The Balaban J connectivity index is 1.29. The lowest BCUT2D eigenvalue weighted by molar-refractivity contribution is -0.132. The van der Waals surface area contributed by atoms with Crippen molar-refractivity contribution in [3.05, 3.63) is 118 Å². The molecule has 4 aromatic rings. The predicted octanol–water partition coefficient (Wildman–Crippen LogP) is 5.52. The van der Waals surface area contributed by atoms with Crippen molar-refractivity contribution in [1.29, 1.82) is 0 Å². The number of carbonyl (C=O) groups is 2. The minimum absolute atomic E-state index is 0.0305. The van der Waals surface area contributed by atoms with E-state index in [2.05, 4.69) is 10.3 Å². The first-order valence-corrected chi connectivity index (χ1v) is 13.0. The van der Waals surface area contributed by atoms with E-state index in [9.17, 15) is 14.0 Å². The van der Waals surface area contributed by atoms with Gasteiger partial charge in [0.05, 0.1) is 6.04 Å². The molecule has 5 rings (SSSR count). The molecular formula is C31H30FN3O4. The maximum absolute atomic E-state index is 13.6. The molecule has 0 saturated heterocycles. The fourth-order valence-electron chi connectivity index (χ4n) is 4.88. The number of fused-ring (bicyclic) bond motifs is 1. The van der Waals surface area contributed by atoms with Crippen molar-refractivity contribution in [3.8, 4) is 5.75 Å². The first-order valence-electron chi connectivity index (χ1n) is 13.0. The van der Waals surface area contributed by atoms with Crippen LogP contribution in [-0.2, 0) is 24.4 Å². The number of aromatic nitrogens is 1. The molecule has 2 heterocycles. The van der Waals surface area contributed by atoms with E-state index >= 15 is 0 Å². The highest BCUT2D eigenvalue weighted by molar-refractivity contribution is 5.91. The summed E-state index contributed by atoms with van der Waals surface area (Å²) in [5.41, 5.74) is 5.19. The Morgan fingerprint density at radius 1 is 1.13 bits per heavy atom.